The quantitative estimate of drug-likeness (QED) is 0.304. The minimum atomic E-state index is -0.805. The number of likely N-dealkylation sites (tertiary alicyclic amines) is 1. The highest BCUT2D eigenvalue weighted by molar-refractivity contribution is 7.21. The first-order valence-corrected chi connectivity index (χ1v) is 13.9. The third kappa shape index (κ3) is 5.18. The second kappa shape index (κ2) is 11.3. The molecule has 1 aromatic carbocycles. The van der Waals surface area contributed by atoms with Gasteiger partial charge in [0.2, 0.25) is 5.91 Å². The Hall–Kier alpha value is -3.84. The van der Waals surface area contributed by atoms with Crippen molar-refractivity contribution < 1.29 is 18.7 Å². The Morgan fingerprint density at radius 1 is 1.12 bits per heavy atom. The summed E-state index contributed by atoms with van der Waals surface area (Å²) in [5.41, 5.74) is -0.203. The molecule has 1 aliphatic heterocycles. The topological polar surface area (TPSA) is 113 Å². The summed E-state index contributed by atoms with van der Waals surface area (Å²) in [6.07, 6.45) is 3.73. The molecule has 212 valence electrons. The summed E-state index contributed by atoms with van der Waals surface area (Å²) in [4.78, 5) is 44.3. The minimum absolute atomic E-state index is 0.0581. The number of aromatic nitrogens is 5. The molecule has 0 saturated carbocycles. The number of halogens is 1. The molecule has 0 aliphatic carbocycles. The van der Waals surface area contributed by atoms with Crippen LogP contribution in [-0.4, -0.2) is 61.2 Å². The highest BCUT2D eigenvalue weighted by Crippen LogP contribution is 2.34. The number of aryl methyl sites for hydroxylation is 1. The number of hydrogen-bond acceptors (Lipinski definition) is 8. The van der Waals surface area contributed by atoms with Crippen LogP contribution in [0.1, 0.15) is 43.9 Å². The van der Waals surface area contributed by atoms with E-state index in [0.717, 1.165) is 17.4 Å². The fraction of sp³-hybridized carbons (Fsp3) is 0.444. The van der Waals surface area contributed by atoms with E-state index in [0.29, 0.717) is 45.2 Å². The summed E-state index contributed by atoms with van der Waals surface area (Å²) in [6.45, 7) is 6.19. The second-order valence-corrected chi connectivity index (χ2v) is 10.9. The molecule has 13 heteroatoms. The smallest absolute Gasteiger partial charge is 0.332 e. The number of fused-ring (bicyclic) bond motifs is 1. The van der Waals surface area contributed by atoms with Crippen LogP contribution >= 0.6 is 11.3 Å². The van der Waals surface area contributed by atoms with Gasteiger partial charge in [0.1, 0.15) is 34.0 Å². The highest BCUT2D eigenvalue weighted by atomic mass is 32.1. The van der Waals surface area contributed by atoms with Crippen LogP contribution in [0.5, 0.6) is 5.75 Å². The average Bonchev–Trinajstić information content (AvgIpc) is 3.70. The summed E-state index contributed by atoms with van der Waals surface area (Å²) in [7, 11) is 1.48. The van der Waals surface area contributed by atoms with Gasteiger partial charge in [-0.25, -0.2) is 9.18 Å². The van der Waals surface area contributed by atoms with Crippen molar-refractivity contribution >= 4 is 27.5 Å². The van der Waals surface area contributed by atoms with Gasteiger partial charge in [-0.2, -0.15) is 10.2 Å². The van der Waals surface area contributed by atoms with E-state index in [2.05, 4.69) is 10.2 Å². The van der Waals surface area contributed by atoms with Crippen LogP contribution in [0, 0.1) is 12.7 Å². The molecular formula is C27H31FN6O5S. The molecule has 4 heterocycles. The molecule has 1 fully saturated rings. The zero-order valence-electron chi connectivity index (χ0n) is 22.8. The first-order valence-electron chi connectivity index (χ1n) is 13.1. The second-order valence-electron chi connectivity index (χ2n) is 9.96. The van der Waals surface area contributed by atoms with E-state index >= 15 is 0 Å². The van der Waals surface area contributed by atoms with Crippen molar-refractivity contribution in [3.05, 3.63) is 68.4 Å². The lowest BCUT2D eigenvalue weighted by atomic mass is 10.1. The highest BCUT2D eigenvalue weighted by Gasteiger charge is 2.28. The van der Waals surface area contributed by atoms with Gasteiger partial charge in [0.15, 0.2) is 0 Å². The van der Waals surface area contributed by atoms with Gasteiger partial charge in [-0.3, -0.25) is 18.7 Å². The maximum absolute atomic E-state index is 14.4. The standard InChI is InChI=1S/C27H31FN6O5S/c1-16(2)39-21(19-13-18(28)7-8-20(19)38-4)14-33-26-23(17(3)25(40-26)34-29-9-10-30-34)24(36)32(27(33)37)15-22(35)31-11-5-6-12-31/h7-10,13,16,21H,5-6,11-12,14-15H2,1-4H3. The van der Waals surface area contributed by atoms with Crippen LogP contribution < -0.4 is 16.0 Å². The van der Waals surface area contributed by atoms with Gasteiger partial charge in [-0.05, 0) is 51.8 Å². The van der Waals surface area contributed by atoms with Crippen LogP contribution in [-0.2, 0) is 22.6 Å². The summed E-state index contributed by atoms with van der Waals surface area (Å²) in [5, 5.41) is 9.27. The molecular weight excluding hydrogens is 539 g/mol. The van der Waals surface area contributed by atoms with Gasteiger partial charge in [0.05, 0.1) is 37.5 Å². The fourth-order valence-electron chi connectivity index (χ4n) is 5.06. The molecule has 1 atom stereocenters. The number of nitrogens with zero attached hydrogens (tertiary/aromatic N) is 6. The zero-order chi connectivity index (χ0) is 28.6. The van der Waals surface area contributed by atoms with Crippen LogP contribution in [0.3, 0.4) is 0 Å². The maximum atomic E-state index is 14.4. The Kier molecular flexibility index (Phi) is 7.86. The fourth-order valence-corrected chi connectivity index (χ4v) is 6.28. The van der Waals surface area contributed by atoms with E-state index in [1.54, 1.807) is 11.8 Å². The molecule has 3 aromatic heterocycles. The van der Waals surface area contributed by atoms with Gasteiger partial charge < -0.3 is 14.4 Å². The van der Waals surface area contributed by atoms with E-state index in [-0.39, 0.29) is 25.1 Å². The minimum Gasteiger partial charge on any atom is -0.496 e. The number of carbonyl (C=O) groups excluding carboxylic acids is 1. The lowest BCUT2D eigenvalue weighted by molar-refractivity contribution is -0.130. The predicted molar refractivity (Wildman–Crippen MR) is 148 cm³/mol. The number of hydrogen-bond donors (Lipinski definition) is 0. The number of amides is 1. The van der Waals surface area contributed by atoms with Gasteiger partial charge >= 0.3 is 5.69 Å². The maximum Gasteiger partial charge on any atom is 0.332 e. The molecule has 0 spiro atoms. The normalized spacial score (nSPS) is 14.4. The molecule has 40 heavy (non-hydrogen) atoms. The van der Waals surface area contributed by atoms with Crippen molar-refractivity contribution in [3.8, 4) is 10.8 Å². The number of benzene rings is 1. The van der Waals surface area contributed by atoms with E-state index in [4.69, 9.17) is 9.47 Å². The van der Waals surface area contributed by atoms with Crippen molar-refractivity contribution in [2.45, 2.75) is 58.9 Å². The molecule has 1 saturated heterocycles. The molecule has 0 radical (unpaired) electrons. The van der Waals surface area contributed by atoms with Crippen molar-refractivity contribution in [2.75, 3.05) is 20.2 Å². The largest absolute Gasteiger partial charge is 0.496 e. The van der Waals surface area contributed by atoms with Crippen LogP contribution in [0.15, 0.2) is 40.2 Å². The Balaban J connectivity index is 1.71. The lowest BCUT2D eigenvalue weighted by Gasteiger charge is -2.24. The zero-order valence-corrected chi connectivity index (χ0v) is 23.6. The van der Waals surface area contributed by atoms with E-state index in [1.165, 1.54) is 58.4 Å². The molecule has 11 nitrogen and oxygen atoms in total. The van der Waals surface area contributed by atoms with Crippen molar-refractivity contribution in [1.29, 1.82) is 0 Å². The molecule has 0 N–H and O–H groups in total. The Morgan fingerprint density at radius 3 is 2.48 bits per heavy atom. The Morgan fingerprint density at radius 2 is 1.82 bits per heavy atom. The van der Waals surface area contributed by atoms with Gasteiger partial charge in [-0.15, -0.1) is 4.80 Å². The summed E-state index contributed by atoms with van der Waals surface area (Å²) in [6, 6.07) is 4.11. The number of carbonyl (C=O) groups is 1. The summed E-state index contributed by atoms with van der Waals surface area (Å²) in [5.74, 6) is -0.366. The van der Waals surface area contributed by atoms with E-state index < -0.39 is 23.2 Å². The molecule has 0 bridgehead atoms. The van der Waals surface area contributed by atoms with Gasteiger partial charge in [-0.1, -0.05) is 11.3 Å². The average molecular weight is 571 g/mol. The lowest BCUT2D eigenvalue weighted by Crippen LogP contribution is -2.44. The van der Waals surface area contributed by atoms with Gasteiger partial charge in [0, 0.05) is 24.2 Å². The molecule has 1 unspecified atom stereocenters. The summed E-state index contributed by atoms with van der Waals surface area (Å²) < 4.78 is 28.5. The number of methoxy groups -OCH3 is 1. The van der Waals surface area contributed by atoms with Crippen molar-refractivity contribution in [1.82, 2.24) is 29.0 Å². The number of thiophene rings is 1. The first-order chi connectivity index (χ1) is 19.2. The van der Waals surface area contributed by atoms with E-state index in [9.17, 15) is 18.8 Å². The monoisotopic (exact) mass is 570 g/mol. The Labute approximate surface area is 233 Å². The third-order valence-electron chi connectivity index (χ3n) is 6.94. The van der Waals surface area contributed by atoms with Crippen LogP contribution in [0.25, 0.3) is 15.2 Å². The van der Waals surface area contributed by atoms with Crippen molar-refractivity contribution in [2.24, 2.45) is 0 Å². The molecule has 1 amide bonds. The molecule has 4 aromatic rings. The molecule has 5 rings (SSSR count). The Bertz CT molecular complexity index is 1650. The SMILES string of the molecule is COc1ccc(F)cc1C(Cn1c(=O)n(CC(=O)N2CCCC2)c(=O)c2c(C)c(-n3nccn3)sc21)OC(C)C. The number of rotatable bonds is 9. The first kappa shape index (κ1) is 27.7. The van der Waals surface area contributed by atoms with Crippen LogP contribution in [0.4, 0.5) is 4.39 Å². The molecule has 1 aliphatic rings. The summed E-state index contributed by atoms with van der Waals surface area (Å²) >= 11 is 1.19. The van der Waals surface area contributed by atoms with Crippen molar-refractivity contribution in [3.63, 3.8) is 0 Å². The number of ether oxygens (including phenoxy) is 2. The third-order valence-corrected chi connectivity index (χ3v) is 8.23. The van der Waals surface area contributed by atoms with Gasteiger partial charge in [0.25, 0.3) is 5.56 Å². The van der Waals surface area contributed by atoms with Crippen LogP contribution in [0.2, 0.25) is 0 Å². The van der Waals surface area contributed by atoms with E-state index in [1.807, 2.05) is 13.8 Å². The predicted octanol–water partition coefficient (Wildman–Crippen LogP) is 3.05.